The van der Waals surface area contributed by atoms with Crippen molar-refractivity contribution in [3.05, 3.63) is 29.8 Å². The molecule has 0 atom stereocenters. The molecule has 114 valence electrons. The lowest BCUT2D eigenvalue weighted by atomic mass is 10.1. The number of carbonyl (C=O) groups excluding carboxylic acids is 2. The Morgan fingerprint density at radius 1 is 1.19 bits per heavy atom. The molecule has 1 saturated heterocycles. The smallest absolute Gasteiger partial charge is 0.340 e. The molecule has 1 aliphatic heterocycles. The SMILES string of the molecule is CCOC(=O)c1ccccc1N(C(C)=O)N1CCCCC1. The first-order chi connectivity index (χ1) is 10.1. The Hall–Kier alpha value is -1.88. The van der Waals surface area contributed by atoms with Crippen molar-refractivity contribution >= 4 is 17.6 Å². The monoisotopic (exact) mass is 290 g/mol. The van der Waals surface area contributed by atoms with E-state index in [1.54, 1.807) is 30.1 Å². The van der Waals surface area contributed by atoms with Crippen molar-refractivity contribution < 1.29 is 14.3 Å². The van der Waals surface area contributed by atoms with Gasteiger partial charge in [-0.05, 0) is 31.9 Å². The number of amides is 1. The van der Waals surface area contributed by atoms with Gasteiger partial charge >= 0.3 is 5.97 Å². The molecule has 0 bridgehead atoms. The Bertz CT molecular complexity index is 510. The maximum Gasteiger partial charge on any atom is 0.340 e. The van der Waals surface area contributed by atoms with Crippen molar-refractivity contribution in [2.75, 3.05) is 24.7 Å². The number of benzene rings is 1. The van der Waals surface area contributed by atoms with E-state index >= 15 is 0 Å². The van der Waals surface area contributed by atoms with Crippen LogP contribution in [0.15, 0.2) is 24.3 Å². The van der Waals surface area contributed by atoms with E-state index in [0.29, 0.717) is 17.9 Å². The number of carbonyl (C=O) groups is 2. The highest BCUT2D eigenvalue weighted by atomic mass is 16.5. The standard InChI is InChI=1S/C16H22N2O3/c1-3-21-16(20)14-9-5-6-10-15(14)18(13(2)19)17-11-7-4-8-12-17/h5-6,9-10H,3-4,7-8,11-12H2,1-2H3. The summed E-state index contributed by atoms with van der Waals surface area (Å²) >= 11 is 0. The zero-order valence-corrected chi connectivity index (χ0v) is 12.7. The zero-order chi connectivity index (χ0) is 15.2. The average Bonchev–Trinajstić information content (AvgIpc) is 2.49. The summed E-state index contributed by atoms with van der Waals surface area (Å²) in [7, 11) is 0. The van der Waals surface area contributed by atoms with Crippen molar-refractivity contribution in [1.29, 1.82) is 0 Å². The van der Waals surface area contributed by atoms with E-state index in [0.717, 1.165) is 25.9 Å². The maximum absolute atomic E-state index is 12.1. The number of hydrogen-bond donors (Lipinski definition) is 0. The van der Waals surface area contributed by atoms with Crippen LogP contribution in [0.4, 0.5) is 5.69 Å². The fourth-order valence-electron chi connectivity index (χ4n) is 2.64. The van der Waals surface area contributed by atoms with Gasteiger partial charge in [-0.15, -0.1) is 0 Å². The quantitative estimate of drug-likeness (QED) is 0.800. The van der Waals surface area contributed by atoms with Crippen molar-refractivity contribution in [3.8, 4) is 0 Å². The highest BCUT2D eigenvalue weighted by Gasteiger charge is 2.26. The van der Waals surface area contributed by atoms with Crippen LogP contribution in [0.1, 0.15) is 43.5 Å². The Morgan fingerprint density at radius 3 is 2.48 bits per heavy atom. The third kappa shape index (κ3) is 3.61. The lowest BCUT2D eigenvalue weighted by Gasteiger charge is -2.37. The lowest BCUT2D eigenvalue weighted by molar-refractivity contribution is -0.119. The molecule has 1 aromatic rings. The molecular weight excluding hydrogens is 268 g/mol. The van der Waals surface area contributed by atoms with E-state index in [4.69, 9.17) is 4.74 Å². The van der Waals surface area contributed by atoms with Crippen molar-refractivity contribution in [2.24, 2.45) is 0 Å². The second-order valence-electron chi connectivity index (χ2n) is 5.08. The first-order valence-electron chi connectivity index (χ1n) is 7.47. The molecule has 1 amide bonds. The van der Waals surface area contributed by atoms with Gasteiger partial charge in [0.15, 0.2) is 0 Å². The Kier molecular flexibility index (Phi) is 5.33. The van der Waals surface area contributed by atoms with Crippen LogP contribution < -0.4 is 5.01 Å². The Morgan fingerprint density at radius 2 is 1.86 bits per heavy atom. The third-order valence-corrected chi connectivity index (χ3v) is 3.54. The van der Waals surface area contributed by atoms with E-state index < -0.39 is 5.97 Å². The van der Waals surface area contributed by atoms with Crippen LogP contribution in [0.2, 0.25) is 0 Å². The molecule has 2 rings (SSSR count). The minimum atomic E-state index is -0.392. The van der Waals surface area contributed by atoms with E-state index in [1.807, 2.05) is 11.1 Å². The van der Waals surface area contributed by atoms with Crippen LogP contribution in [-0.2, 0) is 9.53 Å². The molecule has 1 aromatic carbocycles. The summed E-state index contributed by atoms with van der Waals surface area (Å²) in [5, 5.41) is 3.63. The predicted molar refractivity (Wildman–Crippen MR) is 81.0 cm³/mol. The van der Waals surface area contributed by atoms with Gasteiger partial charge in [-0.2, -0.15) is 0 Å². The number of nitrogens with zero attached hydrogens (tertiary/aromatic N) is 2. The molecular formula is C16H22N2O3. The summed E-state index contributed by atoms with van der Waals surface area (Å²) in [4.78, 5) is 24.2. The molecule has 5 nitrogen and oxygen atoms in total. The van der Waals surface area contributed by atoms with Gasteiger partial charge in [-0.1, -0.05) is 18.6 Å². The minimum absolute atomic E-state index is 0.0892. The molecule has 5 heteroatoms. The Balaban J connectivity index is 2.35. The highest BCUT2D eigenvalue weighted by molar-refractivity contribution is 6.01. The van der Waals surface area contributed by atoms with Gasteiger partial charge in [-0.25, -0.2) is 14.8 Å². The lowest BCUT2D eigenvalue weighted by Crippen LogP contribution is -2.48. The molecule has 0 aromatic heterocycles. The average molecular weight is 290 g/mol. The second-order valence-corrected chi connectivity index (χ2v) is 5.08. The van der Waals surface area contributed by atoms with Crippen LogP contribution in [0.3, 0.4) is 0 Å². The van der Waals surface area contributed by atoms with Crippen molar-refractivity contribution in [3.63, 3.8) is 0 Å². The molecule has 0 radical (unpaired) electrons. The molecule has 0 unspecified atom stereocenters. The molecule has 0 spiro atoms. The molecule has 0 N–H and O–H groups in total. The number of ether oxygens (including phenoxy) is 1. The molecule has 1 fully saturated rings. The fraction of sp³-hybridized carbons (Fsp3) is 0.500. The van der Waals surface area contributed by atoms with Gasteiger partial charge in [0.1, 0.15) is 0 Å². The molecule has 21 heavy (non-hydrogen) atoms. The molecule has 1 aliphatic rings. The molecule has 0 saturated carbocycles. The van der Waals surface area contributed by atoms with Crippen LogP contribution in [0.25, 0.3) is 0 Å². The number of anilines is 1. The Labute approximate surface area is 125 Å². The fourth-order valence-corrected chi connectivity index (χ4v) is 2.64. The van der Waals surface area contributed by atoms with Gasteiger partial charge in [0, 0.05) is 20.0 Å². The van der Waals surface area contributed by atoms with Crippen molar-refractivity contribution in [2.45, 2.75) is 33.1 Å². The summed E-state index contributed by atoms with van der Waals surface area (Å²) in [6.45, 7) is 5.27. The molecule has 1 heterocycles. The summed E-state index contributed by atoms with van der Waals surface area (Å²) in [5.74, 6) is -0.481. The zero-order valence-electron chi connectivity index (χ0n) is 12.7. The van der Waals surface area contributed by atoms with Crippen LogP contribution in [0, 0.1) is 0 Å². The summed E-state index contributed by atoms with van der Waals surface area (Å²) in [6, 6.07) is 7.11. The second kappa shape index (κ2) is 7.22. The first kappa shape index (κ1) is 15.5. The number of hydrogen-bond acceptors (Lipinski definition) is 4. The van der Waals surface area contributed by atoms with Gasteiger partial charge in [-0.3, -0.25) is 4.79 Å². The van der Waals surface area contributed by atoms with Crippen LogP contribution >= 0.6 is 0 Å². The van der Waals surface area contributed by atoms with Crippen molar-refractivity contribution in [1.82, 2.24) is 5.01 Å². The number of rotatable bonds is 4. The normalized spacial score (nSPS) is 15.5. The summed E-state index contributed by atoms with van der Waals surface area (Å²) in [6.07, 6.45) is 3.30. The van der Waals surface area contributed by atoms with Crippen LogP contribution in [-0.4, -0.2) is 36.6 Å². The topological polar surface area (TPSA) is 49.9 Å². The summed E-state index contributed by atoms with van der Waals surface area (Å²) in [5.41, 5.74) is 1.03. The van der Waals surface area contributed by atoms with Gasteiger partial charge in [0.25, 0.3) is 0 Å². The maximum atomic E-state index is 12.1. The number of piperidine rings is 1. The van der Waals surface area contributed by atoms with E-state index in [1.165, 1.54) is 13.3 Å². The minimum Gasteiger partial charge on any atom is -0.462 e. The third-order valence-electron chi connectivity index (χ3n) is 3.54. The van der Waals surface area contributed by atoms with Gasteiger partial charge in [0.05, 0.1) is 17.9 Å². The number of hydrazine groups is 1. The van der Waals surface area contributed by atoms with E-state index in [2.05, 4.69) is 0 Å². The first-order valence-corrected chi connectivity index (χ1v) is 7.47. The van der Waals surface area contributed by atoms with E-state index in [-0.39, 0.29) is 5.91 Å². The predicted octanol–water partition coefficient (Wildman–Crippen LogP) is 2.62. The largest absolute Gasteiger partial charge is 0.462 e. The van der Waals surface area contributed by atoms with E-state index in [9.17, 15) is 9.59 Å². The van der Waals surface area contributed by atoms with Gasteiger partial charge in [0.2, 0.25) is 5.91 Å². The number of esters is 1. The highest BCUT2D eigenvalue weighted by Crippen LogP contribution is 2.25. The summed E-state index contributed by atoms with van der Waals surface area (Å²) < 4.78 is 5.09. The molecule has 0 aliphatic carbocycles. The van der Waals surface area contributed by atoms with Crippen LogP contribution in [0.5, 0.6) is 0 Å². The number of para-hydroxylation sites is 1. The van der Waals surface area contributed by atoms with Gasteiger partial charge < -0.3 is 4.74 Å².